The Morgan fingerprint density at radius 1 is 1.50 bits per heavy atom. The van der Waals surface area contributed by atoms with Gasteiger partial charge in [-0.3, -0.25) is 10.1 Å². The van der Waals surface area contributed by atoms with E-state index in [2.05, 4.69) is 12.2 Å². The van der Waals surface area contributed by atoms with Gasteiger partial charge in [-0.1, -0.05) is 13.3 Å². The Balaban J connectivity index is 2.68. The van der Waals surface area contributed by atoms with Gasteiger partial charge in [0.05, 0.1) is 4.92 Å². The van der Waals surface area contributed by atoms with Crippen LogP contribution in [0.25, 0.3) is 0 Å². The summed E-state index contributed by atoms with van der Waals surface area (Å²) in [6, 6.07) is 3.51. The van der Waals surface area contributed by atoms with Crippen LogP contribution < -0.4 is 5.32 Å². The number of nitrogens with zero attached hydrogens (tertiary/aromatic N) is 1. The van der Waals surface area contributed by atoms with Gasteiger partial charge in [-0.15, -0.1) is 0 Å². The van der Waals surface area contributed by atoms with Crippen molar-refractivity contribution in [2.24, 2.45) is 0 Å². The van der Waals surface area contributed by atoms with Gasteiger partial charge in [0.25, 0.3) is 5.69 Å². The van der Waals surface area contributed by atoms with Crippen LogP contribution >= 0.6 is 0 Å². The maximum Gasteiger partial charge on any atom is 0.274 e. The van der Waals surface area contributed by atoms with Crippen LogP contribution in [0.3, 0.4) is 0 Å². The third-order valence-electron chi connectivity index (χ3n) is 2.26. The number of nitro groups is 1. The Morgan fingerprint density at radius 3 is 2.88 bits per heavy atom. The van der Waals surface area contributed by atoms with Crippen LogP contribution in [0.2, 0.25) is 0 Å². The number of unbranched alkanes of at least 4 members (excludes halogenated alkanes) is 1. The highest BCUT2D eigenvalue weighted by atomic mass is 19.1. The summed E-state index contributed by atoms with van der Waals surface area (Å²) in [6.07, 6.45) is 2.06. The molecule has 1 N–H and O–H groups in total. The van der Waals surface area contributed by atoms with Crippen LogP contribution in [0.5, 0.6) is 0 Å². The van der Waals surface area contributed by atoms with E-state index in [1.807, 2.05) is 0 Å². The molecular formula is C11H15FN2O2. The maximum atomic E-state index is 12.9. The normalized spacial score (nSPS) is 10.4. The second kappa shape index (κ2) is 6.17. The van der Waals surface area contributed by atoms with Crippen LogP contribution in [-0.4, -0.2) is 11.5 Å². The van der Waals surface area contributed by atoms with E-state index in [-0.39, 0.29) is 5.69 Å². The lowest BCUT2D eigenvalue weighted by atomic mass is 10.1. The summed E-state index contributed by atoms with van der Waals surface area (Å²) in [4.78, 5) is 10.2. The molecular weight excluding hydrogens is 211 g/mol. The second-order valence-electron chi connectivity index (χ2n) is 3.56. The summed E-state index contributed by atoms with van der Waals surface area (Å²) in [5.74, 6) is -0.446. The van der Waals surface area contributed by atoms with Crippen molar-refractivity contribution in [2.45, 2.75) is 26.3 Å². The van der Waals surface area contributed by atoms with Gasteiger partial charge in [0.15, 0.2) is 0 Å². The molecule has 0 bridgehead atoms. The Labute approximate surface area is 93.6 Å². The van der Waals surface area contributed by atoms with Crippen LogP contribution in [-0.2, 0) is 6.54 Å². The van der Waals surface area contributed by atoms with Gasteiger partial charge in [0, 0.05) is 18.2 Å². The predicted octanol–water partition coefficient (Wildman–Crippen LogP) is 2.62. The molecule has 88 valence electrons. The van der Waals surface area contributed by atoms with E-state index in [1.165, 1.54) is 12.1 Å². The highest BCUT2D eigenvalue weighted by Gasteiger charge is 2.13. The van der Waals surface area contributed by atoms with Crippen molar-refractivity contribution in [1.82, 2.24) is 5.32 Å². The SMILES string of the molecule is CCCCNCc1cc(F)ccc1[N+](=O)[O-]. The van der Waals surface area contributed by atoms with Gasteiger partial charge in [-0.25, -0.2) is 4.39 Å². The van der Waals surface area contributed by atoms with Crippen molar-refractivity contribution in [1.29, 1.82) is 0 Å². The topological polar surface area (TPSA) is 55.2 Å². The maximum absolute atomic E-state index is 12.9. The van der Waals surface area contributed by atoms with Crippen molar-refractivity contribution < 1.29 is 9.31 Å². The first-order valence-electron chi connectivity index (χ1n) is 5.28. The van der Waals surface area contributed by atoms with Crippen LogP contribution in [0.1, 0.15) is 25.3 Å². The van der Waals surface area contributed by atoms with Crippen LogP contribution in [0.15, 0.2) is 18.2 Å². The molecule has 0 aromatic heterocycles. The average Bonchev–Trinajstić information content (AvgIpc) is 2.24. The third-order valence-corrected chi connectivity index (χ3v) is 2.26. The van der Waals surface area contributed by atoms with Gasteiger partial charge in [0.2, 0.25) is 0 Å². The Morgan fingerprint density at radius 2 is 2.25 bits per heavy atom. The molecule has 1 aromatic carbocycles. The number of hydrogen-bond acceptors (Lipinski definition) is 3. The number of rotatable bonds is 6. The molecule has 0 aliphatic rings. The van der Waals surface area contributed by atoms with E-state index in [0.29, 0.717) is 12.1 Å². The van der Waals surface area contributed by atoms with E-state index in [1.54, 1.807) is 0 Å². The zero-order valence-electron chi connectivity index (χ0n) is 9.20. The molecule has 4 nitrogen and oxygen atoms in total. The van der Waals surface area contributed by atoms with Crippen molar-refractivity contribution >= 4 is 5.69 Å². The molecule has 0 heterocycles. The molecule has 0 spiro atoms. The molecule has 1 aromatic rings. The van der Waals surface area contributed by atoms with Crippen LogP contribution in [0, 0.1) is 15.9 Å². The molecule has 5 heteroatoms. The Bertz CT molecular complexity index is 369. The van der Waals surface area contributed by atoms with Crippen molar-refractivity contribution in [2.75, 3.05) is 6.54 Å². The first kappa shape index (κ1) is 12.6. The predicted molar refractivity (Wildman–Crippen MR) is 59.7 cm³/mol. The minimum absolute atomic E-state index is 0.0367. The molecule has 0 saturated heterocycles. The van der Waals surface area contributed by atoms with Gasteiger partial charge < -0.3 is 5.32 Å². The zero-order chi connectivity index (χ0) is 12.0. The highest BCUT2D eigenvalue weighted by Crippen LogP contribution is 2.19. The van der Waals surface area contributed by atoms with E-state index < -0.39 is 10.7 Å². The molecule has 0 unspecified atom stereocenters. The van der Waals surface area contributed by atoms with Crippen LogP contribution in [0.4, 0.5) is 10.1 Å². The fourth-order valence-electron chi connectivity index (χ4n) is 1.40. The minimum Gasteiger partial charge on any atom is -0.312 e. The van der Waals surface area contributed by atoms with Crippen molar-refractivity contribution in [3.8, 4) is 0 Å². The number of halogens is 1. The summed E-state index contributed by atoms with van der Waals surface area (Å²) in [5, 5.41) is 13.7. The Kier molecular flexibility index (Phi) is 4.85. The summed E-state index contributed by atoms with van der Waals surface area (Å²) in [6.45, 7) is 3.17. The van der Waals surface area contributed by atoms with E-state index in [9.17, 15) is 14.5 Å². The van der Waals surface area contributed by atoms with Crippen molar-refractivity contribution in [3.05, 3.63) is 39.7 Å². The summed E-state index contributed by atoms with van der Waals surface area (Å²) < 4.78 is 12.9. The molecule has 16 heavy (non-hydrogen) atoms. The molecule has 1 rings (SSSR count). The first-order valence-corrected chi connectivity index (χ1v) is 5.28. The Hall–Kier alpha value is -1.49. The second-order valence-corrected chi connectivity index (χ2v) is 3.56. The molecule has 0 fully saturated rings. The lowest BCUT2D eigenvalue weighted by Crippen LogP contribution is -2.15. The van der Waals surface area contributed by atoms with Crippen molar-refractivity contribution in [3.63, 3.8) is 0 Å². The van der Waals surface area contributed by atoms with Gasteiger partial charge in [-0.2, -0.15) is 0 Å². The lowest BCUT2D eigenvalue weighted by Gasteiger charge is -2.05. The molecule has 0 atom stereocenters. The molecule has 0 aliphatic heterocycles. The zero-order valence-corrected chi connectivity index (χ0v) is 9.20. The fraction of sp³-hybridized carbons (Fsp3) is 0.455. The standard InChI is InChI=1S/C11H15FN2O2/c1-2-3-6-13-8-9-7-10(12)4-5-11(9)14(15)16/h4-5,7,13H,2-3,6,8H2,1H3. The van der Waals surface area contributed by atoms with Gasteiger partial charge in [0.1, 0.15) is 5.82 Å². The largest absolute Gasteiger partial charge is 0.312 e. The number of hydrogen-bond donors (Lipinski definition) is 1. The number of nitro benzene ring substituents is 1. The molecule has 0 amide bonds. The quantitative estimate of drug-likeness (QED) is 0.461. The number of nitrogens with one attached hydrogen (secondary N) is 1. The molecule has 0 saturated carbocycles. The number of benzene rings is 1. The monoisotopic (exact) mass is 226 g/mol. The summed E-state index contributed by atoms with van der Waals surface area (Å²) >= 11 is 0. The average molecular weight is 226 g/mol. The third kappa shape index (κ3) is 3.58. The van der Waals surface area contributed by atoms with Gasteiger partial charge >= 0.3 is 0 Å². The highest BCUT2D eigenvalue weighted by molar-refractivity contribution is 5.40. The fourth-order valence-corrected chi connectivity index (χ4v) is 1.40. The smallest absolute Gasteiger partial charge is 0.274 e. The lowest BCUT2D eigenvalue weighted by molar-refractivity contribution is -0.385. The van der Waals surface area contributed by atoms with E-state index in [4.69, 9.17) is 0 Å². The summed E-state index contributed by atoms with van der Waals surface area (Å²) in [5.41, 5.74) is 0.353. The van der Waals surface area contributed by atoms with E-state index in [0.717, 1.165) is 25.5 Å². The van der Waals surface area contributed by atoms with E-state index >= 15 is 0 Å². The summed E-state index contributed by atoms with van der Waals surface area (Å²) in [7, 11) is 0. The first-order chi connectivity index (χ1) is 7.65. The molecule has 0 aliphatic carbocycles. The minimum atomic E-state index is -0.490. The van der Waals surface area contributed by atoms with Gasteiger partial charge in [-0.05, 0) is 25.1 Å². The molecule has 0 radical (unpaired) electrons.